The van der Waals surface area contributed by atoms with Gasteiger partial charge in [-0.1, -0.05) is 26.0 Å². The largest absolute Gasteiger partial charge is 0.433 e. The SMILES string of the molecule is Cc1nn(CC(C)C)c(C)c1CCC(=O)N1CCCc2cccc(OC(F)F)c21. The number of nitrogens with zero attached hydrogens (tertiary/aromatic N) is 3. The van der Waals surface area contributed by atoms with E-state index in [9.17, 15) is 13.6 Å². The van der Waals surface area contributed by atoms with Crippen molar-refractivity contribution in [3.63, 3.8) is 0 Å². The van der Waals surface area contributed by atoms with Crippen LogP contribution in [0.15, 0.2) is 18.2 Å². The Morgan fingerprint density at radius 1 is 1.28 bits per heavy atom. The van der Waals surface area contributed by atoms with E-state index in [2.05, 4.69) is 18.9 Å². The zero-order valence-corrected chi connectivity index (χ0v) is 17.5. The van der Waals surface area contributed by atoms with Gasteiger partial charge in [-0.2, -0.15) is 13.9 Å². The van der Waals surface area contributed by atoms with Gasteiger partial charge in [-0.25, -0.2) is 0 Å². The monoisotopic (exact) mass is 405 g/mol. The molecule has 0 bridgehead atoms. The van der Waals surface area contributed by atoms with Gasteiger partial charge < -0.3 is 9.64 Å². The number of benzene rings is 1. The molecule has 0 N–H and O–H groups in total. The van der Waals surface area contributed by atoms with Crippen LogP contribution in [0.4, 0.5) is 14.5 Å². The highest BCUT2D eigenvalue weighted by Gasteiger charge is 2.27. The lowest BCUT2D eigenvalue weighted by atomic mass is 9.99. The quantitative estimate of drug-likeness (QED) is 0.673. The van der Waals surface area contributed by atoms with Crippen LogP contribution in [-0.2, 0) is 24.2 Å². The Kier molecular flexibility index (Phi) is 6.55. The van der Waals surface area contributed by atoms with Crippen LogP contribution in [0.2, 0.25) is 0 Å². The minimum atomic E-state index is -2.92. The molecule has 1 amide bonds. The summed E-state index contributed by atoms with van der Waals surface area (Å²) >= 11 is 0. The minimum Gasteiger partial charge on any atom is -0.433 e. The Balaban J connectivity index is 1.78. The van der Waals surface area contributed by atoms with Gasteiger partial charge in [-0.15, -0.1) is 0 Å². The third-order valence-corrected chi connectivity index (χ3v) is 5.36. The number of amides is 1. The number of aromatic nitrogens is 2. The van der Waals surface area contributed by atoms with E-state index in [1.54, 1.807) is 11.0 Å². The minimum absolute atomic E-state index is 0.0719. The molecule has 0 spiro atoms. The van der Waals surface area contributed by atoms with Crippen molar-refractivity contribution in [1.29, 1.82) is 0 Å². The third kappa shape index (κ3) is 4.77. The van der Waals surface area contributed by atoms with Gasteiger partial charge in [-0.3, -0.25) is 9.48 Å². The topological polar surface area (TPSA) is 47.4 Å². The maximum atomic E-state index is 13.0. The van der Waals surface area contributed by atoms with Gasteiger partial charge in [-0.05, 0) is 56.2 Å². The number of rotatable bonds is 7. The van der Waals surface area contributed by atoms with Crippen LogP contribution in [-0.4, -0.2) is 28.8 Å². The molecule has 3 rings (SSSR count). The molecule has 7 heteroatoms. The van der Waals surface area contributed by atoms with Crippen LogP contribution in [0, 0.1) is 19.8 Å². The summed E-state index contributed by atoms with van der Waals surface area (Å²) in [6, 6.07) is 5.07. The van der Waals surface area contributed by atoms with E-state index in [4.69, 9.17) is 4.74 Å². The van der Waals surface area contributed by atoms with Crippen molar-refractivity contribution in [2.75, 3.05) is 11.4 Å². The van der Waals surface area contributed by atoms with Crippen molar-refractivity contribution >= 4 is 11.6 Å². The smallest absolute Gasteiger partial charge is 0.387 e. The second-order valence-corrected chi connectivity index (χ2v) is 8.02. The fraction of sp³-hybridized carbons (Fsp3) is 0.545. The molecule has 2 heterocycles. The molecule has 0 radical (unpaired) electrons. The van der Waals surface area contributed by atoms with Crippen LogP contribution < -0.4 is 9.64 Å². The fourth-order valence-corrected chi connectivity index (χ4v) is 4.04. The molecule has 2 aromatic rings. The van der Waals surface area contributed by atoms with Gasteiger partial charge in [0.15, 0.2) is 0 Å². The highest BCUT2D eigenvalue weighted by atomic mass is 19.3. The second-order valence-electron chi connectivity index (χ2n) is 8.02. The molecule has 158 valence electrons. The Labute approximate surface area is 170 Å². The molecular formula is C22H29F2N3O2. The van der Waals surface area contributed by atoms with Crippen molar-refractivity contribution in [2.45, 2.75) is 66.5 Å². The molecule has 0 atom stereocenters. The zero-order chi connectivity index (χ0) is 21.1. The highest BCUT2D eigenvalue weighted by Crippen LogP contribution is 2.37. The number of carbonyl (C=O) groups excluding carboxylic acids is 1. The van der Waals surface area contributed by atoms with Crippen molar-refractivity contribution in [2.24, 2.45) is 5.92 Å². The lowest BCUT2D eigenvalue weighted by Gasteiger charge is -2.31. The average molecular weight is 405 g/mol. The molecule has 1 aliphatic rings. The molecule has 1 aromatic heterocycles. The van der Waals surface area contributed by atoms with Crippen molar-refractivity contribution in [1.82, 2.24) is 9.78 Å². The van der Waals surface area contributed by atoms with Gasteiger partial charge in [0.05, 0.1) is 11.4 Å². The molecule has 1 aliphatic heterocycles. The first-order chi connectivity index (χ1) is 13.8. The zero-order valence-electron chi connectivity index (χ0n) is 17.5. The number of carbonyl (C=O) groups is 1. The number of hydrogen-bond donors (Lipinski definition) is 0. The summed E-state index contributed by atoms with van der Waals surface area (Å²) in [5, 5.41) is 4.61. The first-order valence-electron chi connectivity index (χ1n) is 10.2. The van der Waals surface area contributed by atoms with Crippen molar-refractivity contribution < 1.29 is 18.3 Å². The number of halogens is 2. The number of fused-ring (bicyclic) bond motifs is 1. The van der Waals surface area contributed by atoms with E-state index < -0.39 is 6.61 Å². The summed E-state index contributed by atoms with van der Waals surface area (Å²) in [4.78, 5) is 14.6. The number of ether oxygens (including phenoxy) is 1. The third-order valence-electron chi connectivity index (χ3n) is 5.36. The van der Waals surface area contributed by atoms with Crippen molar-refractivity contribution in [3.8, 4) is 5.75 Å². The molecule has 0 unspecified atom stereocenters. The molecule has 5 nitrogen and oxygen atoms in total. The molecule has 0 saturated carbocycles. The first kappa shape index (κ1) is 21.3. The van der Waals surface area contributed by atoms with E-state index in [-0.39, 0.29) is 11.7 Å². The van der Waals surface area contributed by atoms with Gasteiger partial charge in [0, 0.05) is 25.2 Å². The number of anilines is 1. The van der Waals surface area contributed by atoms with Crippen LogP contribution in [0.3, 0.4) is 0 Å². The van der Waals surface area contributed by atoms with Gasteiger partial charge in [0.2, 0.25) is 5.91 Å². The second kappa shape index (κ2) is 8.93. The average Bonchev–Trinajstić information content (AvgIpc) is 2.91. The molecule has 29 heavy (non-hydrogen) atoms. The van der Waals surface area contributed by atoms with Crippen LogP contribution in [0.25, 0.3) is 0 Å². The molecular weight excluding hydrogens is 376 g/mol. The lowest BCUT2D eigenvalue weighted by Crippen LogP contribution is -2.36. The normalized spacial score (nSPS) is 13.9. The Morgan fingerprint density at radius 2 is 2.03 bits per heavy atom. The van der Waals surface area contributed by atoms with Crippen LogP contribution >= 0.6 is 0 Å². The van der Waals surface area contributed by atoms with E-state index in [1.165, 1.54) is 6.07 Å². The molecule has 1 aromatic carbocycles. The summed E-state index contributed by atoms with van der Waals surface area (Å²) in [5.41, 5.74) is 4.49. The molecule has 0 saturated heterocycles. The van der Waals surface area contributed by atoms with E-state index in [0.29, 0.717) is 31.0 Å². The summed E-state index contributed by atoms with van der Waals surface area (Å²) in [6.07, 6.45) is 2.44. The Hall–Kier alpha value is -2.44. The first-order valence-corrected chi connectivity index (χ1v) is 10.2. The highest BCUT2D eigenvalue weighted by molar-refractivity contribution is 5.96. The maximum absolute atomic E-state index is 13.0. The Morgan fingerprint density at radius 3 is 2.72 bits per heavy atom. The van der Waals surface area contributed by atoms with Gasteiger partial charge >= 0.3 is 6.61 Å². The predicted octanol–water partition coefficient (Wildman–Crippen LogP) is 4.67. The number of aryl methyl sites for hydroxylation is 2. The van der Waals surface area contributed by atoms with E-state index in [0.717, 1.165) is 41.9 Å². The number of alkyl halides is 2. The van der Waals surface area contributed by atoms with E-state index >= 15 is 0 Å². The van der Waals surface area contributed by atoms with Gasteiger partial charge in [0.25, 0.3) is 0 Å². The van der Waals surface area contributed by atoms with Crippen LogP contribution in [0.5, 0.6) is 5.75 Å². The Bertz CT molecular complexity index is 877. The summed E-state index contributed by atoms with van der Waals surface area (Å²) in [6.45, 7) is 6.73. The standard InChI is InChI=1S/C22H29F2N3O2/c1-14(2)13-27-16(4)18(15(3)25-27)10-11-20(28)26-12-6-8-17-7-5-9-19(21(17)26)29-22(23)24/h5,7,9,14,22H,6,8,10-13H2,1-4H3. The van der Waals surface area contributed by atoms with Crippen LogP contribution in [0.1, 0.15) is 49.2 Å². The number of hydrogen-bond acceptors (Lipinski definition) is 3. The van der Waals surface area contributed by atoms with E-state index in [1.807, 2.05) is 24.6 Å². The summed E-state index contributed by atoms with van der Waals surface area (Å²) in [5.74, 6) is 0.481. The molecule has 0 fully saturated rings. The fourth-order valence-electron chi connectivity index (χ4n) is 4.04. The predicted molar refractivity (Wildman–Crippen MR) is 109 cm³/mol. The molecule has 0 aliphatic carbocycles. The van der Waals surface area contributed by atoms with Gasteiger partial charge in [0.1, 0.15) is 5.75 Å². The number of para-hydroxylation sites is 1. The van der Waals surface area contributed by atoms with Crippen molar-refractivity contribution in [3.05, 3.63) is 40.7 Å². The summed E-state index contributed by atoms with van der Waals surface area (Å²) in [7, 11) is 0. The summed E-state index contributed by atoms with van der Waals surface area (Å²) < 4.78 is 32.4. The maximum Gasteiger partial charge on any atom is 0.387 e. The lowest BCUT2D eigenvalue weighted by molar-refractivity contribution is -0.118.